The summed E-state index contributed by atoms with van der Waals surface area (Å²) in [6.07, 6.45) is 15.1. The second kappa shape index (κ2) is 12.2. The highest BCUT2D eigenvalue weighted by atomic mass is 16.6. The topological polar surface area (TPSA) is 86.0 Å². The zero-order valence-electron chi connectivity index (χ0n) is 25.0. The zero-order valence-corrected chi connectivity index (χ0v) is 25.0. The lowest BCUT2D eigenvalue weighted by Gasteiger charge is -2.54. The number of rotatable bonds is 7. The molecule has 2 aromatic rings. The number of aromatic nitrogens is 2. The summed E-state index contributed by atoms with van der Waals surface area (Å²) in [6.45, 7) is 5.56. The first-order valence-electron chi connectivity index (χ1n) is 16.1. The summed E-state index contributed by atoms with van der Waals surface area (Å²) in [5.74, 6) is 1.09. The summed E-state index contributed by atoms with van der Waals surface area (Å²) >= 11 is 0. The van der Waals surface area contributed by atoms with Crippen LogP contribution in [0.4, 0.5) is 0 Å². The molecule has 2 saturated heterocycles. The number of ether oxygens (including phenoxy) is 1. The lowest BCUT2D eigenvalue weighted by Crippen LogP contribution is -2.58. The van der Waals surface area contributed by atoms with Crippen LogP contribution in [0, 0.1) is 11.8 Å². The van der Waals surface area contributed by atoms with Gasteiger partial charge in [0.1, 0.15) is 6.10 Å². The lowest BCUT2D eigenvalue weighted by atomic mass is 9.73. The molecule has 0 amide bonds. The van der Waals surface area contributed by atoms with E-state index in [0.717, 1.165) is 30.2 Å². The van der Waals surface area contributed by atoms with Gasteiger partial charge in [-0.1, -0.05) is 49.4 Å². The number of fused-ring (bicyclic) bond motifs is 5. The van der Waals surface area contributed by atoms with E-state index in [2.05, 4.69) is 15.0 Å². The third-order valence-corrected chi connectivity index (χ3v) is 9.99. The number of carbonyl (C=O) groups excluding carboxylic acids is 1. The van der Waals surface area contributed by atoms with E-state index in [1.807, 2.05) is 42.7 Å². The van der Waals surface area contributed by atoms with Crippen molar-refractivity contribution in [2.75, 3.05) is 6.61 Å². The van der Waals surface area contributed by atoms with Crippen LogP contribution in [-0.4, -0.2) is 57.0 Å². The van der Waals surface area contributed by atoms with Gasteiger partial charge in [-0.2, -0.15) is 0 Å². The lowest BCUT2D eigenvalue weighted by molar-refractivity contribution is -0.135. The van der Waals surface area contributed by atoms with E-state index in [0.29, 0.717) is 23.6 Å². The average Bonchev–Trinajstić information content (AvgIpc) is 3.11. The zero-order chi connectivity index (χ0) is 28.5. The first-order valence-corrected chi connectivity index (χ1v) is 16.1. The third-order valence-electron chi connectivity index (χ3n) is 9.99. The van der Waals surface area contributed by atoms with Crippen LogP contribution < -0.4 is 5.56 Å². The summed E-state index contributed by atoms with van der Waals surface area (Å²) < 4.78 is 7.20. The van der Waals surface area contributed by atoms with E-state index >= 15 is 0 Å². The smallest absolute Gasteiger partial charge is 0.362 e. The molecular weight excluding hydrogens is 516 g/mol. The first kappa shape index (κ1) is 28.4. The van der Waals surface area contributed by atoms with E-state index in [1.54, 1.807) is 6.92 Å². The van der Waals surface area contributed by atoms with Gasteiger partial charge in [0.05, 0.1) is 17.6 Å². The molecule has 5 atom stereocenters. The molecule has 1 aromatic carbocycles. The number of esters is 1. The molecule has 0 spiro atoms. The fourth-order valence-electron chi connectivity index (χ4n) is 8.51. The van der Waals surface area contributed by atoms with E-state index in [-0.39, 0.29) is 35.7 Å². The number of nitrogens with zero attached hydrogens (tertiary/aromatic N) is 4. The maximum Gasteiger partial charge on any atom is 0.362 e. The highest BCUT2D eigenvalue weighted by Crippen LogP contribution is 2.47. The van der Waals surface area contributed by atoms with Crippen molar-refractivity contribution in [2.45, 2.75) is 128 Å². The van der Waals surface area contributed by atoms with Gasteiger partial charge in [0, 0.05) is 24.2 Å². The van der Waals surface area contributed by atoms with Crippen LogP contribution in [0.25, 0.3) is 11.0 Å². The van der Waals surface area contributed by atoms with Crippen LogP contribution in [0.1, 0.15) is 110 Å². The Balaban J connectivity index is 1.36. The van der Waals surface area contributed by atoms with Gasteiger partial charge in [0.25, 0.3) is 5.56 Å². The second-order valence-corrected chi connectivity index (χ2v) is 13.1. The summed E-state index contributed by atoms with van der Waals surface area (Å²) in [7, 11) is 0. The van der Waals surface area contributed by atoms with Crippen molar-refractivity contribution in [3.63, 3.8) is 0 Å². The number of benzene rings is 1. The number of carbonyl (C=O) groups is 1. The molecule has 2 saturated carbocycles. The standard InChI is InChI=1S/C33H46N4O4/c1-4-40-33(39)31(35-41-21(2)3)30-32(38)37(29-15-8-7-14-28(29)34-30)27-19-24-12-9-13-25(20-27)36(24)26-17-22-10-5-6-11-23(16-22)18-26/h7-8,14-15,21-27H,4-6,9-13,16-20H2,1-3H3/t22?,23?,24-,25+,26?,27+. The van der Waals surface area contributed by atoms with Crippen LogP contribution in [0.5, 0.6) is 0 Å². The minimum atomic E-state index is -0.690. The molecule has 3 heterocycles. The average molecular weight is 563 g/mol. The minimum Gasteiger partial charge on any atom is -0.461 e. The Kier molecular flexibility index (Phi) is 8.47. The molecule has 8 heteroatoms. The number of para-hydroxylation sites is 2. The molecule has 2 unspecified atom stereocenters. The molecule has 2 aliphatic heterocycles. The fourth-order valence-corrected chi connectivity index (χ4v) is 8.51. The van der Waals surface area contributed by atoms with E-state index in [4.69, 9.17) is 9.57 Å². The molecular formula is C33H46N4O4. The quantitative estimate of drug-likeness (QED) is 0.234. The Bertz CT molecular complexity index is 1310. The van der Waals surface area contributed by atoms with Gasteiger partial charge >= 0.3 is 5.97 Å². The Morgan fingerprint density at radius 1 is 0.927 bits per heavy atom. The monoisotopic (exact) mass is 562 g/mol. The van der Waals surface area contributed by atoms with Crippen molar-refractivity contribution in [3.8, 4) is 0 Å². The van der Waals surface area contributed by atoms with E-state index in [9.17, 15) is 9.59 Å². The molecule has 4 aliphatic rings. The van der Waals surface area contributed by atoms with Crippen LogP contribution in [0.15, 0.2) is 34.2 Å². The molecule has 222 valence electrons. The third kappa shape index (κ3) is 5.81. The van der Waals surface area contributed by atoms with Gasteiger partial charge in [0.15, 0.2) is 5.69 Å². The summed E-state index contributed by atoms with van der Waals surface area (Å²) in [5, 5.41) is 4.09. The summed E-state index contributed by atoms with van der Waals surface area (Å²) in [4.78, 5) is 40.3. The minimum absolute atomic E-state index is 0.00625. The highest BCUT2D eigenvalue weighted by Gasteiger charge is 2.45. The number of hydrogen-bond donors (Lipinski definition) is 0. The Labute approximate surface area is 243 Å². The number of oxime groups is 1. The molecule has 0 N–H and O–H groups in total. The Morgan fingerprint density at radius 2 is 1.61 bits per heavy atom. The summed E-state index contributed by atoms with van der Waals surface area (Å²) in [6, 6.07) is 9.46. The largest absolute Gasteiger partial charge is 0.461 e. The predicted molar refractivity (Wildman–Crippen MR) is 160 cm³/mol. The van der Waals surface area contributed by atoms with Crippen molar-refractivity contribution < 1.29 is 14.4 Å². The van der Waals surface area contributed by atoms with Crippen LogP contribution >= 0.6 is 0 Å². The van der Waals surface area contributed by atoms with Crippen molar-refractivity contribution in [1.29, 1.82) is 0 Å². The number of hydrogen-bond acceptors (Lipinski definition) is 7. The van der Waals surface area contributed by atoms with Gasteiger partial charge in [0.2, 0.25) is 5.71 Å². The van der Waals surface area contributed by atoms with Gasteiger partial charge < -0.3 is 14.1 Å². The molecule has 1 aromatic heterocycles. The molecule has 2 aliphatic carbocycles. The van der Waals surface area contributed by atoms with E-state index < -0.39 is 5.97 Å². The maximum atomic E-state index is 14.3. The van der Waals surface area contributed by atoms with Crippen LogP contribution in [0.2, 0.25) is 0 Å². The van der Waals surface area contributed by atoms with Gasteiger partial charge in [-0.25, -0.2) is 9.78 Å². The highest BCUT2D eigenvalue weighted by molar-refractivity contribution is 6.42. The molecule has 4 fully saturated rings. The number of piperidine rings is 2. The Morgan fingerprint density at radius 3 is 2.27 bits per heavy atom. The molecule has 41 heavy (non-hydrogen) atoms. The first-order chi connectivity index (χ1) is 19.9. The van der Waals surface area contributed by atoms with Crippen molar-refractivity contribution in [1.82, 2.24) is 14.5 Å². The van der Waals surface area contributed by atoms with Gasteiger partial charge in [-0.05, 0) is 89.7 Å². The Hall–Kier alpha value is -2.74. The SMILES string of the molecule is CCOC(=O)C(=NOC(C)C)c1nc2ccccc2n([C@H]2C[C@H]3CCC[C@@H](C2)N3C2CC3CCCCC(C3)C2)c1=O. The normalized spacial score (nSPS) is 30.7. The summed E-state index contributed by atoms with van der Waals surface area (Å²) in [5.41, 5.74) is 1.05. The van der Waals surface area contributed by atoms with Crippen molar-refractivity contribution >= 4 is 22.7 Å². The predicted octanol–water partition coefficient (Wildman–Crippen LogP) is 6.01. The van der Waals surface area contributed by atoms with Crippen molar-refractivity contribution in [2.24, 2.45) is 17.0 Å². The van der Waals surface area contributed by atoms with Gasteiger partial charge in [-0.3, -0.25) is 9.69 Å². The molecule has 6 rings (SSSR count). The van der Waals surface area contributed by atoms with E-state index in [1.165, 1.54) is 64.2 Å². The van der Waals surface area contributed by atoms with Gasteiger partial charge in [-0.15, -0.1) is 0 Å². The molecule has 8 nitrogen and oxygen atoms in total. The maximum absolute atomic E-state index is 14.3. The second-order valence-electron chi connectivity index (χ2n) is 13.1. The molecule has 4 bridgehead atoms. The van der Waals surface area contributed by atoms with Crippen LogP contribution in [0.3, 0.4) is 0 Å². The van der Waals surface area contributed by atoms with Crippen molar-refractivity contribution in [3.05, 3.63) is 40.3 Å². The molecule has 0 radical (unpaired) electrons. The van der Waals surface area contributed by atoms with Crippen LogP contribution in [-0.2, 0) is 14.4 Å². The fraction of sp³-hybridized carbons (Fsp3) is 0.697.